The van der Waals surface area contributed by atoms with Gasteiger partial charge in [0.15, 0.2) is 0 Å². The van der Waals surface area contributed by atoms with Crippen LogP contribution in [0.2, 0.25) is 5.02 Å². The van der Waals surface area contributed by atoms with E-state index in [1.165, 1.54) is 0 Å². The van der Waals surface area contributed by atoms with Gasteiger partial charge in [0.1, 0.15) is 0 Å². The normalized spacial score (nSPS) is 21.0. The number of carbonyl (C=O) groups excluding carboxylic acids is 2. The second-order valence-corrected chi connectivity index (χ2v) is 5.69. The van der Waals surface area contributed by atoms with E-state index < -0.39 is 0 Å². The van der Waals surface area contributed by atoms with Crippen LogP contribution in [0.4, 0.5) is 0 Å². The number of nitrogens with one attached hydrogen (secondary N) is 2. The van der Waals surface area contributed by atoms with Crippen LogP contribution in [0.1, 0.15) is 29.6 Å². The van der Waals surface area contributed by atoms with E-state index in [1.807, 2.05) is 0 Å². The second kappa shape index (κ2) is 7.43. The molecule has 0 bridgehead atoms. The molecule has 2 unspecified atom stereocenters. The van der Waals surface area contributed by atoms with Crippen LogP contribution in [0.5, 0.6) is 0 Å². The summed E-state index contributed by atoms with van der Waals surface area (Å²) in [4.78, 5) is 23.5. The van der Waals surface area contributed by atoms with Crippen molar-refractivity contribution in [1.29, 1.82) is 0 Å². The van der Waals surface area contributed by atoms with Gasteiger partial charge in [-0.2, -0.15) is 0 Å². The third-order valence-electron chi connectivity index (χ3n) is 3.70. The maximum Gasteiger partial charge on any atom is 0.251 e. The molecule has 6 heteroatoms. The van der Waals surface area contributed by atoms with E-state index in [0.717, 1.165) is 19.3 Å². The Balaban J connectivity index is 1.71. The molecule has 114 valence electrons. The second-order valence-electron chi connectivity index (χ2n) is 5.25. The highest BCUT2D eigenvalue weighted by atomic mass is 35.5. The number of aliphatic hydroxyl groups excluding tert-OH is 1. The number of rotatable bonds is 5. The molecule has 1 aromatic carbocycles. The molecule has 21 heavy (non-hydrogen) atoms. The van der Waals surface area contributed by atoms with Crippen LogP contribution in [0, 0.1) is 5.92 Å². The number of halogens is 1. The Kier molecular flexibility index (Phi) is 5.59. The average molecular weight is 311 g/mol. The first kappa shape index (κ1) is 15.8. The van der Waals surface area contributed by atoms with Crippen molar-refractivity contribution in [2.45, 2.75) is 25.4 Å². The van der Waals surface area contributed by atoms with Crippen LogP contribution in [0.25, 0.3) is 0 Å². The number of hydrogen-bond donors (Lipinski definition) is 3. The molecule has 0 heterocycles. The van der Waals surface area contributed by atoms with Gasteiger partial charge in [0.25, 0.3) is 5.91 Å². The average Bonchev–Trinajstić information content (AvgIpc) is 2.88. The molecule has 0 aliphatic heterocycles. The van der Waals surface area contributed by atoms with Gasteiger partial charge in [-0.15, -0.1) is 0 Å². The molecule has 0 aromatic heterocycles. The zero-order valence-electron chi connectivity index (χ0n) is 11.6. The Morgan fingerprint density at radius 2 is 1.90 bits per heavy atom. The Labute approximate surface area is 128 Å². The lowest BCUT2D eigenvalue weighted by Crippen LogP contribution is -2.39. The predicted molar refractivity (Wildman–Crippen MR) is 80.1 cm³/mol. The molecule has 0 spiro atoms. The smallest absolute Gasteiger partial charge is 0.251 e. The number of benzene rings is 1. The van der Waals surface area contributed by atoms with Gasteiger partial charge in [-0.3, -0.25) is 9.59 Å². The summed E-state index contributed by atoms with van der Waals surface area (Å²) >= 11 is 5.74. The lowest BCUT2D eigenvalue weighted by atomic mass is 10.1. The fourth-order valence-electron chi connectivity index (χ4n) is 2.43. The largest absolute Gasteiger partial charge is 0.393 e. The highest BCUT2D eigenvalue weighted by Crippen LogP contribution is 2.24. The maximum absolute atomic E-state index is 11.8. The van der Waals surface area contributed by atoms with Gasteiger partial charge in [0.2, 0.25) is 5.91 Å². The third kappa shape index (κ3) is 4.72. The molecule has 1 fully saturated rings. The van der Waals surface area contributed by atoms with Crippen molar-refractivity contribution in [3.63, 3.8) is 0 Å². The molecule has 2 atom stereocenters. The van der Waals surface area contributed by atoms with Crippen molar-refractivity contribution in [3.8, 4) is 0 Å². The third-order valence-corrected chi connectivity index (χ3v) is 3.95. The monoisotopic (exact) mass is 310 g/mol. The highest BCUT2D eigenvalue weighted by molar-refractivity contribution is 6.30. The quantitative estimate of drug-likeness (QED) is 0.768. The van der Waals surface area contributed by atoms with Crippen molar-refractivity contribution in [2.24, 2.45) is 5.92 Å². The maximum atomic E-state index is 11.8. The Morgan fingerprint density at radius 1 is 1.19 bits per heavy atom. The van der Waals surface area contributed by atoms with Gasteiger partial charge < -0.3 is 15.7 Å². The van der Waals surface area contributed by atoms with E-state index in [0.29, 0.717) is 17.1 Å². The Bertz CT molecular complexity index is 504. The summed E-state index contributed by atoms with van der Waals surface area (Å²) in [5.74, 6) is -0.444. The number of carbonyl (C=O) groups is 2. The molecular weight excluding hydrogens is 292 g/mol. The van der Waals surface area contributed by atoms with Crippen molar-refractivity contribution >= 4 is 23.4 Å². The molecule has 2 amide bonds. The molecule has 3 N–H and O–H groups in total. The van der Waals surface area contributed by atoms with Crippen molar-refractivity contribution in [2.75, 3.05) is 13.1 Å². The summed E-state index contributed by atoms with van der Waals surface area (Å²) in [6, 6.07) is 6.45. The predicted octanol–water partition coefficient (Wildman–Crippen LogP) is 1.35. The highest BCUT2D eigenvalue weighted by Gasteiger charge is 2.25. The van der Waals surface area contributed by atoms with E-state index in [2.05, 4.69) is 10.6 Å². The van der Waals surface area contributed by atoms with Crippen molar-refractivity contribution < 1.29 is 14.7 Å². The standard InChI is InChI=1S/C15H19ClN2O3/c16-12-6-4-10(5-7-12)15(21)18-9-14(20)17-8-11-2-1-3-13(11)19/h4-7,11,13,19H,1-3,8-9H2,(H,17,20)(H,18,21). The van der Waals surface area contributed by atoms with Gasteiger partial charge >= 0.3 is 0 Å². The lowest BCUT2D eigenvalue weighted by Gasteiger charge is -2.15. The van der Waals surface area contributed by atoms with E-state index in [1.54, 1.807) is 24.3 Å². The first-order valence-electron chi connectivity index (χ1n) is 7.05. The molecule has 0 radical (unpaired) electrons. The van der Waals surface area contributed by atoms with Crippen molar-refractivity contribution in [1.82, 2.24) is 10.6 Å². The first-order valence-corrected chi connectivity index (χ1v) is 7.42. The van der Waals surface area contributed by atoms with Crippen LogP contribution >= 0.6 is 11.6 Å². The molecule has 1 aliphatic carbocycles. The minimum Gasteiger partial charge on any atom is -0.393 e. The minimum absolute atomic E-state index is 0.0791. The first-order chi connectivity index (χ1) is 10.1. The summed E-state index contributed by atoms with van der Waals surface area (Å²) in [5, 5.41) is 15.5. The minimum atomic E-state index is -0.325. The summed E-state index contributed by atoms with van der Waals surface area (Å²) in [7, 11) is 0. The van der Waals surface area contributed by atoms with Crippen LogP contribution < -0.4 is 10.6 Å². The van der Waals surface area contributed by atoms with Crippen LogP contribution in [-0.2, 0) is 4.79 Å². The number of hydrogen-bond acceptors (Lipinski definition) is 3. The lowest BCUT2D eigenvalue weighted by molar-refractivity contribution is -0.120. The van der Waals surface area contributed by atoms with E-state index in [-0.39, 0.29) is 30.4 Å². The summed E-state index contributed by atoms with van der Waals surface area (Å²) < 4.78 is 0. The van der Waals surface area contributed by atoms with Crippen molar-refractivity contribution in [3.05, 3.63) is 34.9 Å². The zero-order valence-corrected chi connectivity index (χ0v) is 12.4. The zero-order chi connectivity index (χ0) is 15.2. The topological polar surface area (TPSA) is 78.4 Å². The van der Waals surface area contributed by atoms with Gasteiger partial charge in [0.05, 0.1) is 12.6 Å². The van der Waals surface area contributed by atoms with Gasteiger partial charge in [0, 0.05) is 23.0 Å². The number of aliphatic hydroxyl groups is 1. The molecule has 2 rings (SSSR count). The Hall–Kier alpha value is -1.59. The van der Waals surface area contributed by atoms with Gasteiger partial charge in [-0.05, 0) is 37.1 Å². The molecule has 5 nitrogen and oxygen atoms in total. The summed E-state index contributed by atoms with van der Waals surface area (Å²) in [5.41, 5.74) is 0.457. The molecule has 0 saturated heterocycles. The fourth-order valence-corrected chi connectivity index (χ4v) is 2.55. The summed E-state index contributed by atoms with van der Waals surface area (Å²) in [6.45, 7) is 0.376. The fraction of sp³-hybridized carbons (Fsp3) is 0.467. The van der Waals surface area contributed by atoms with Gasteiger partial charge in [-0.25, -0.2) is 0 Å². The van der Waals surface area contributed by atoms with Crippen LogP contribution in [-0.4, -0.2) is 36.1 Å². The molecular formula is C15H19ClN2O3. The Morgan fingerprint density at radius 3 is 2.52 bits per heavy atom. The van der Waals surface area contributed by atoms with Crippen LogP contribution in [0.15, 0.2) is 24.3 Å². The van der Waals surface area contributed by atoms with E-state index >= 15 is 0 Å². The molecule has 1 saturated carbocycles. The number of amides is 2. The molecule has 1 aliphatic rings. The van der Waals surface area contributed by atoms with E-state index in [4.69, 9.17) is 11.6 Å². The SMILES string of the molecule is O=C(CNC(=O)c1ccc(Cl)cc1)NCC1CCCC1O. The summed E-state index contributed by atoms with van der Waals surface area (Å²) in [6.07, 6.45) is 2.40. The van der Waals surface area contributed by atoms with Gasteiger partial charge in [-0.1, -0.05) is 18.0 Å². The van der Waals surface area contributed by atoms with Crippen LogP contribution in [0.3, 0.4) is 0 Å². The molecule has 1 aromatic rings. The van der Waals surface area contributed by atoms with E-state index in [9.17, 15) is 14.7 Å².